The quantitative estimate of drug-likeness (QED) is 0.276. The Balaban J connectivity index is 1.52. The number of nitrogens with two attached hydrogens (primary N) is 1. The molecule has 1 aromatic heterocycles. The molecule has 2 saturated carbocycles. The average Bonchev–Trinajstić information content (AvgIpc) is 2.96. The molecule has 40 heavy (non-hydrogen) atoms. The van der Waals surface area contributed by atoms with Gasteiger partial charge in [-0.1, -0.05) is 31.4 Å². The predicted molar refractivity (Wildman–Crippen MR) is 152 cm³/mol. The van der Waals surface area contributed by atoms with Gasteiger partial charge in [-0.05, 0) is 92.2 Å². The maximum absolute atomic E-state index is 13.8. The number of carbonyl (C=O) groups is 1. The third kappa shape index (κ3) is 7.64. The van der Waals surface area contributed by atoms with Crippen molar-refractivity contribution in [2.45, 2.75) is 76.9 Å². The minimum Gasteiger partial charge on any atom is -0.496 e. The number of methoxy groups -OCH3 is 1. The van der Waals surface area contributed by atoms with Gasteiger partial charge in [-0.2, -0.15) is 4.99 Å². The van der Waals surface area contributed by atoms with Gasteiger partial charge in [-0.25, -0.2) is 4.98 Å². The molecule has 0 atom stereocenters. The van der Waals surface area contributed by atoms with Gasteiger partial charge in [-0.3, -0.25) is 9.69 Å². The number of aryl methyl sites for hydroxylation is 1. The fraction of sp³-hybridized carbons (Fsp3) is 0.516. The number of halogens is 3. The highest BCUT2D eigenvalue weighted by Gasteiger charge is 2.32. The summed E-state index contributed by atoms with van der Waals surface area (Å²) >= 11 is 0. The summed E-state index contributed by atoms with van der Waals surface area (Å²) in [4.78, 5) is 22.7. The van der Waals surface area contributed by atoms with Crippen LogP contribution in [0.15, 0.2) is 47.7 Å². The van der Waals surface area contributed by atoms with E-state index in [9.17, 15) is 18.0 Å². The fourth-order valence-corrected chi connectivity index (χ4v) is 6.06. The van der Waals surface area contributed by atoms with Crippen molar-refractivity contribution in [2.75, 3.05) is 18.6 Å². The molecule has 2 aromatic rings. The number of hydrogen-bond acceptors (Lipinski definition) is 5. The fourth-order valence-electron chi connectivity index (χ4n) is 6.06. The third-order valence-electron chi connectivity index (χ3n) is 8.28. The van der Waals surface area contributed by atoms with E-state index < -0.39 is 6.30 Å². The second kappa shape index (κ2) is 13.3. The molecule has 0 radical (unpaired) electrons. The van der Waals surface area contributed by atoms with Gasteiger partial charge in [0.2, 0.25) is 5.91 Å². The van der Waals surface area contributed by atoms with Crippen molar-refractivity contribution in [3.8, 4) is 5.75 Å². The monoisotopic (exact) mass is 556 g/mol. The van der Waals surface area contributed by atoms with E-state index in [1.807, 2.05) is 6.07 Å². The van der Waals surface area contributed by atoms with Crippen LogP contribution >= 0.6 is 0 Å². The highest BCUT2D eigenvalue weighted by atomic mass is 19.4. The smallest absolute Gasteiger partial charge is 0.496 e. The lowest BCUT2D eigenvalue weighted by molar-refractivity contribution is -0.123. The Labute approximate surface area is 234 Å². The molecule has 0 bridgehead atoms. The molecule has 0 aliphatic heterocycles. The van der Waals surface area contributed by atoms with E-state index in [1.165, 1.54) is 11.8 Å². The van der Waals surface area contributed by atoms with Gasteiger partial charge < -0.3 is 10.5 Å². The van der Waals surface area contributed by atoms with Crippen LogP contribution < -0.4 is 15.4 Å². The topological polar surface area (TPSA) is 80.8 Å². The number of allylic oxidation sites excluding steroid dienone is 1. The summed E-state index contributed by atoms with van der Waals surface area (Å²) in [5.74, 6) is 2.11. The van der Waals surface area contributed by atoms with Crippen molar-refractivity contribution >= 4 is 23.5 Å². The molecule has 1 heterocycles. The first-order valence-electron chi connectivity index (χ1n) is 14.1. The van der Waals surface area contributed by atoms with Crippen LogP contribution in [0, 0.1) is 18.8 Å². The Morgan fingerprint density at radius 1 is 1.10 bits per heavy atom. The van der Waals surface area contributed by atoms with E-state index >= 15 is 0 Å². The van der Waals surface area contributed by atoms with E-state index in [2.05, 4.69) is 29.0 Å². The Kier molecular flexibility index (Phi) is 9.87. The molecule has 6 nitrogen and oxygen atoms in total. The minimum absolute atomic E-state index is 0.0551. The van der Waals surface area contributed by atoms with Gasteiger partial charge >= 0.3 is 6.30 Å². The maximum Gasteiger partial charge on any atom is 0.503 e. The summed E-state index contributed by atoms with van der Waals surface area (Å²) in [5.41, 5.74) is 8.64. The number of rotatable bonds is 8. The second-order valence-electron chi connectivity index (χ2n) is 11.0. The molecule has 2 aliphatic carbocycles. The van der Waals surface area contributed by atoms with E-state index in [-0.39, 0.29) is 17.4 Å². The van der Waals surface area contributed by atoms with Crippen LogP contribution in [-0.2, 0) is 4.79 Å². The number of anilines is 1. The minimum atomic E-state index is -4.70. The molecule has 2 N–H and O–H groups in total. The van der Waals surface area contributed by atoms with E-state index in [0.29, 0.717) is 36.0 Å². The lowest BCUT2D eigenvalue weighted by Gasteiger charge is -2.35. The highest BCUT2D eigenvalue weighted by molar-refractivity contribution is 6.10. The summed E-state index contributed by atoms with van der Waals surface area (Å²) in [6.45, 7) is 2.60. The number of alkyl halides is 3. The van der Waals surface area contributed by atoms with Gasteiger partial charge in [0, 0.05) is 36.6 Å². The number of carbonyl (C=O) groups excluding carboxylic acids is 1. The number of nitrogens with zero attached hydrogens (tertiary/aromatic N) is 3. The summed E-state index contributed by atoms with van der Waals surface area (Å²) in [6, 6.07) is 9.62. The van der Waals surface area contributed by atoms with Crippen LogP contribution in [0.3, 0.4) is 0 Å². The number of hydrogen-bond donors (Lipinski definition) is 1. The molecular weight excluding hydrogens is 517 g/mol. The van der Waals surface area contributed by atoms with Crippen molar-refractivity contribution in [3.63, 3.8) is 0 Å². The highest BCUT2D eigenvalue weighted by Crippen LogP contribution is 2.38. The molecule has 216 valence electrons. The van der Waals surface area contributed by atoms with Gasteiger partial charge in [0.25, 0.3) is 0 Å². The first-order valence-corrected chi connectivity index (χ1v) is 14.1. The lowest BCUT2D eigenvalue weighted by Crippen LogP contribution is -2.41. The standard InChI is InChI=1S/C31H39F3N4O2/c1-21-16-25(12-13-28(21)40-2)23-10-8-22(9-11-23)20-38(30(39)24-6-4-3-5-7-24)29-17-26(14-15-36-29)27(18-35)19-37-31(32,33)34/h12-19,22-24H,3-11,20,35H2,1-2H3/b27-18+,37-19+. The molecule has 1 amide bonds. The number of ether oxygens (including phenoxy) is 1. The van der Waals surface area contributed by atoms with Crippen molar-refractivity contribution in [1.82, 2.24) is 4.98 Å². The SMILES string of the molecule is COc1ccc(C2CCC(CN(C(=O)C3CCCCC3)c3cc(C(=C/N)/C=N/C(F)(F)F)ccn3)CC2)cc1C. The zero-order valence-electron chi connectivity index (χ0n) is 23.3. The molecule has 0 unspecified atom stereocenters. The van der Waals surface area contributed by atoms with Crippen LogP contribution in [-0.4, -0.2) is 37.1 Å². The molecule has 0 spiro atoms. The average molecular weight is 557 g/mol. The van der Waals surface area contributed by atoms with Gasteiger partial charge in [0.1, 0.15) is 11.6 Å². The largest absolute Gasteiger partial charge is 0.503 e. The predicted octanol–water partition coefficient (Wildman–Crippen LogP) is 7.18. The number of amides is 1. The van der Waals surface area contributed by atoms with E-state index in [1.54, 1.807) is 24.1 Å². The van der Waals surface area contributed by atoms with Crippen molar-refractivity contribution < 1.29 is 22.7 Å². The molecule has 1 aromatic carbocycles. The maximum atomic E-state index is 13.8. The summed E-state index contributed by atoms with van der Waals surface area (Å²) in [7, 11) is 1.68. The summed E-state index contributed by atoms with van der Waals surface area (Å²) in [6.07, 6.45) is 7.52. The van der Waals surface area contributed by atoms with Crippen molar-refractivity contribution in [2.24, 2.45) is 22.6 Å². The number of aliphatic imine (C=N–C) groups is 1. The normalized spacial score (nSPS) is 21.0. The molecule has 0 saturated heterocycles. The van der Waals surface area contributed by atoms with Crippen LogP contribution in [0.5, 0.6) is 5.75 Å². The number of aromatic nitrogens is 1. The van der Waals surface area contributed by atoms with Crippen molar-refractivity contribution in [1.29, 1.82) is 0 Å². The van der Waals surface area contributed by atoms with Crippen LogP contribution in [0.4, 0.5) is 19.0 Å². The Bertz CT molecular complexity index is 1210. The van der Waals surface area contributed by atoms with Crippen LogP contribution in [0.1, 0.15) is 80.4 Å². The number of benzene rings is 1. The van der Waals surface area contributed by atoms with Crippen LogP contribution in [0.25, 0.3) is 5.57 Å². The van der Waals surface area contributed by atoms with E-state index in [4.69, 9.17) is 10.5 Å². The Morgan fingerprint density at radius 3 is 2.45 bits per heavy atom. The number of pyridine rings is 1. The molecule has 4 rings (SSSR count). The first kappa shape index (κ1) is 29.6. The summed E-state index contributed by atoms with van der Waals surface area (Å²) in [5, 5.41) is 0. The van der Waals surface area contributed by atoms with E-state index in [0.717, 1.165) is 75.3 Å². The van der Waals surface area contributed by atoms with Crippen LogP contribution in [0.2, 0.25) is 0 Å². The van der Waals surface area contributed by atoms with Crippen molar-refractivity contribution in [3.05, 3.63) is 59.4 Å². The lowest BCUT2D eigenvalue weighted by atomic mass is 9.78. The van der Waals surface area contributed by atoms with Gasteiger partial charge in [0.15, 0.2) is 0 Å². The zero-order chi connectivity index (χ0) is 28.7. The molecular formula is C31H39F3N4O2. The second-order valence-corrected chi connectivity index (χ2v) is 11.0. The third-order valence-corrected chi connectivity index (χ3v) is 8.28. The Morgan fingerprint density at radius 2 is 1.82 bits per heavy atom. The van der Waals surface area contributed by atoms with Gasteiger partial charge in [0.05, 0.1) is 7.11 Å². The first-order chi connectivity index (χ1) is 19.2. The summed E-state index contributed by atoms with van der Waals surface area (Å²) < 4.78 is 43.5. The zero-order valence-corrected chi connectivity index (χ0v) is 23.3. The molecule has 2 aliphatic rings. The van der Waals surface area contributed by atoms with Gasteiger partial charge in [-0.15, -0.1) is 13.2 Å². The Hall–Kier alpha value is -3.36. The molecule has 2 fully saturated rings. The molecule has 9 heteroatoms.